The molecule has 2 amide bonds. The number of rotatable bonds is 4. The standard InChI is InChI=1S/C20H22N2O2/c1-15-3-7-17(8-4-15)13-21-11-12-22(20(24)19(21)23)14-18-9-5-16(2)6-10-18/h3-10H,11-14H2,1-2H3. The largest absolute Gasteiger partial charge is 0.328 e. The Morgan fingerprint density at radius 3 is 1.33 bits per heavy atom. The molecule has 4 heteroatoms. The van der Waals surface area contributed by atoms with Crippen molar-refractivity contribution in [3.63, 3.8) is 0 Å². The predicted molar refractivity (Wildman–Crippen MR) is 93.2 cm³/mol. The van der Waals surface area contributed by atoms with Crippen molar-refractivity contribution in [1.82, 2.24) is 9.80 Å². The fraction of sp³-hybridized carbons (Fsp3) is 0.300. The number of piperazine rings is 1. The topological polar surface area (TPSA) is 40.6 Å². The molecule has 1 aliphatic rings. The third kappa shape index (κ3) is 3.65. The van der Waals surface area contributed by atoms with E-state index in [1.54, 1.807) is 9.80 Å². The van der Waals surface area contributed by atoms with Crippen molar-refractivity contribution >= 4 is 11.8 Å². The Hall–Kier alpha value is -2.62. The molecular weight excluding hydrogens is 300 g/mol. The van der Waals surface area contributed by atoms with E-state index in [2.05, 4.69) is 0 Å². The molecule has 0 radical (unpaired) electrons. The summed E-state index contributed by atoms with van der Waals surface area (Å²) in [6, 6.07) is 16.1. The Balaban J connectivity index is 1.63. The minimum absolute atomic E-state index is 0.408. The summed E-state index contributed by atoms with van der Waals surface area (Å²) >= 11 is 0. The van der Waals surface area contributed by atoms with Gasteiger partial charge in [0.25, 0.3) is 0 Å². The van der Waals surface area contributed by atoms with Gasteiger partial charge in [-0.1, -0.05) is 59.7 Å². The summed E-state index contributed by atoms with van der Waals surface area (Å²) in [6.45, 7) is 6.19. The minimum atomic E-state index is -0.408. The van der Waals surface area contributed by atoms with Gasteiger partial charge in [0.05, 0.1) is 0 Å². The Kier molecular flexibility index (Phi) is 4.65. The van der Waals surface area contributed by atoms with E-state index in [1.165, 1.54) is 11.1 Å². The molecule has 1 aliphatic heterocycles. The average Bonchev–Trinajstić information content (AvgIpc) is 2.58. The molecular formula is C20H22N2O2. The lowest BCUT2D eigenvalue weighted by molar-refractivity contribution is -0.156. The second kappa shape index (κ2) is 6.87. The molecule has 3 rings (SSSR count). The van der Waals surface area contributed by atoms with E-state index in [0.717, 1.165) is 11.1 Å². The first-order valence-corrected chi connectivity index (χ1v) is 8.22. The summed E-state index contributed by atoms with van der Waals surface area (Å²) < 4.78 is 0. The summed E-state index contributed by atoms with van der Waals surface area (Å²) in [5, 5.41) is 0. The molecule has 0 saturated carbocycles. The Labute approximate surface area is 142 Å². The van der Waals surface area contributed by atoms with Gasteiger partial charge in [-0.25, -0.2) is 0 Å². The minimum Gasteiger partial charge on any atom is -0.328 e. The van der Waals surface area contributed by atoms with Crippen LogP contribution in [0.4, 0.5) is 0 Å². The van der Waals surface area contributed by atoms with Crippen LogP contribution >= 0.6 is 0 Å². The molecule has 0 aromatic heterocycles. The van der Waals surface area contributed by atoms with Crippen LogP contribution < -0.4 is 0 Å². The number of hydrogen-bond donors (Lipinski definition) is 0. The molecule has 4 nitrogen and oxygen atoms in total. The van der Waals surface area contributed by atoms with Gasteiger partial charge < -0.3 is 9.80 Å². The van der Waals surface area contributed by atoms with Crippen LogP contribution in [0.3, 0.4) is 0 Å². The lowest BCUT2D eigenvalue weighted by Crippen LogP contribution is -2.53. The van der Waals surface area contributed by atoms with Gasteiger partial charge in [0.2, 0.25) is 0 Å². The van der Waals surface area contributed by atoms with E-state index in [0.29, 0.717) is 26.2 Å². The van der Waals surface area contributed by atoms with Gasteiger partial charge in [0.15, 0.2) is 0 Å². The molecule has 0 aliphatic carbocycles. The van der Waals surface area contributed by atoms with Crippen LogP contribution in [0.2, 0.25) is 0 Å². The Morgan fingerprint density at radius 2 is 1.00 bits per heavy atom. The highest BCUT2D eigenvalue weighted by Gasteiger charge is 2.32. The van der Waals surface area contributed by atoms with Gasteiger partial charge in [-0.05, 0) is 25.0 Å². The maximum atomic E-state index is 12.4. The molecule has 0 unspecified atom stereocenters. The molecule has 24 heavy (non-hydrogen) atoms. The zero-order valence-electron chi connectivity index (χ0n) is 14.2. The van der Waals surface area contributed by atoms with Gasteiger partial charge in [0, 0.05) is 26.2 Å². The van der Waals surface area contributed by atoms with Crippen molar-refractivity contribution in [2.45, 2.75) is 26.9 Å². The number of nitrogens with zero attached hydrogens (tertiary/aromatic N) is 2. The van der Waals surface area contributed by atoms with Crippen molar-refractivity contribution in [2.24, 2.45) is 0 Å². The van der Waals surface area contributed by atoms with E-state index < -0.39 is 11.8 Å². The van der Waals surface area contributed by atoms with Gasteiger partial charge in [-0.2, -0.15) is 0 Å². The molecule has 2 aromatic rings. The lowest BCUT2D eigenvalue weighted by atomic mass is 10.1. The summed E-state index contributed by atoms with van der Waals surface area (Å²) in [5.74, 6) is -0.817. The normalized spacial score (nSPS) is 15.1. The summed E-state index contributed by atoms with van der Waals surface area (Å²) in [5.41, 5.74) is 4.47. The van der Waals surface area contributed by atoms with Crippen LogP contribution in [0.1, 0.15) is 22.3 Å². The highest BCUT2D eigenvalue weighted by molar-refractivity contribution is 6.35. The molecule has 0 N–H and O–H groups in total. The van der Waals surface area contributed by atoms with Crippen LogP contribution in [0, 0.1) is 13.8 Å². The average molecular weight is 322 g/mol. The number of benzene rings is 2. The monoisotopic (exact) mass is 322 g/mol. The first kappa shape index (κ1) is 16.2. The molecule has 0 atom stereocenters. The number of carbonyl (C=O) groups excluding carboxylic acids is 2. The van der Waals surface area contributed by atoms with Crippen molar-refractivity contribution < 1.29 is 9.59 Å². The maximum Gasteiger partial charge on any atom is 0.312 e. The first-order valence-electron chi connectivity index (χ1n) is 8.22. The van der Waals surface area contributed by atoms with Gasteiger partial charge in [-0.3, -0.25) is 9.59 Å². The quantitative estimate of drug-likeness (QED) is 0.812. The van der Waals surface area contributed by atoms with Crippen LogP contribution in [-0.4, -0.2) is 34.7 Å². The van der Waals surface area contributed by atoms with E-state index in [1.807, 2.05) is 62.4 Å². The molecule has 1 fully saturated rings. The zero-order valence-corrected chi connectivity index (χ0v) is 14.2. The molecule has 2 aromatic carbocycles. The molecule has 124 valence electrons. The fourth-order valence-corrected chi connectivity index (χ4v) is 2.84. The van der Waals surface area contributed by atoms with Crippen LogP contribution in [0.5, 0.6) is 0 Å². The fourth-order valence-electron chi connectivity index (χ4n) is 2.84. The number of carbonyl (C=O) groups is 2. The van der Waals surface area contributed by atoms with Crippen molar-refractivity contribution in [3.8, 4) is 0 Å². The van der Waals surface area contributed by atoms with E-state index >= 15 is 0 Å². The zero-order chi connectivity index (χ0) is 17.1. The van der Waals surface area contributed by atoms with Crippen LogP contribution in [-0.2, 0) is 22.7 Å². The Morgan fingerprint density at radius 1 is 0.667 bits per heavy atom. The van der Waals surface area contributed by atoms with Crippen molar-refractivity contribution in [3.05, 3.63) is 70.8 Å². The Bertz CT molecular complexity index is 670. The number of aryl methyl sites for hydroxylation is 2. The third-order valence-corrected chi connectivity index (χ3v) is 4.39. The van der Waals surface area contributed by atoms with Gasteiger partial charge in [-0.15, -0.1) is 0 Å². The predicted octanol–water partition coefficient (Wildman–Crippen LogP) is 2.67. The van der Waals surface area contributed by atoms with Gasteiger partial charge in [0.1, 0.15) is 0 Å². The van der Waals surface area contributed by atoms with E-state index in [9.17, 15) is 9.59 Å². The molecule has 1 heterocycles. The van der Waals surface area contributed by atoms with Gasteiger partial charge >= 0.3 is 11.8 Å². The highest BCUT2D eigenvalue weighted by Crippen LogP contribution is 2.14. The summed E-state index contributed by atoms with van der Waals surface area (Å²) in [4.78, 5) is 28.0. The van der Waals surface area contributed by atoms with Crippen molar-refractivity contribution in [2.75, 3.05) is 13.1 Å². The van der Waals surface area contributed by atoms with Crippen molar-refractivity contribution in [1.29, 1.82) is 0 Å². The number of amides is 2. The third-order valence-electron chi connectivity index (χ3n) is 4.39. The van der Waals surface area contributed by atoms with E-state index in [4.69, 9.17) is 0 Å². The second-order valence-electron chi connectivity index (χ2n) is 6.42. The van der Waals surface area contributed by atoms with E-state index in [-0.39, 0.29) is 0 Å². The molecule has 1 saturated heterocycles. The second-order valence-corrected chi connectivity index (χ2v) is 6.42. The first-order chi connectivity index (χ1) is 11.5. The maximum absolute atomic E-state index is 12.4. The van der Waals surface area contributed by atoms with Crippen LogP contribution in [0.15, 0.2) is 48.5 Å². The van der Waals surface area contributed by atoms with Crippen LogP contribution in [0.25, 0.3) is 0 Å². The molecule has 0 bridgehead atoms. The summed E-state index contributed by atoms with van der Waals surface area (Å²) in [6.07, 6.45) is 0. The smallest absolute Gasteiger partial charge is 0.312 e. The summed E-state index contributed by atoms with van der Waals surface area (Å²) in [7, 11) is 0. The number of hydrogen-bond acceptors (Lipinski definition) is 2. The molecule has 0 spiro atoms. The highest BCUT2D eigenvalue weighted by atomic mass is 16.2. The SMILES string of the molecule is Cc1ccc(CN2CCN(Cc3ccc(C)cc3)C(=O)C2=O)cc1. The lowest BCUT2D eigenvalue weighted by Gasteiger charge is -2.34.